The molecule has 0 aliphatic rings. The van der Waals surface area contributed by atoms with Crippen molar-refractivity contribution >= 4 is 5.97 Å². The number of esters is 1. The van der Waals surface area contributed by atoms with Crippen LogP contribution >= 0.6 is 0 Å². The molecular weight excluding hydrogens is 302 g/mol. The Morgan fingerprint density at radius 3 is 2.38 bits per heavy atom. The number of hydrogen-bond acceptors (Lipinski definition) is 5. The van der Waals surface area contributed by atoms with Crippen LogP contribution in [0.5, 0.6) is 0 Å². The highest BCUT2D eigenvalue weighted by Crippen LogP contribution is 2.22. The van der Waals surface area contributed by atoms with E-state index in [4.69, 9.17) is 4.74 Å². The average molecular weight is 335 g/mol. The van der Waals surface area contributed by atoms with Gasteiger partial charge in [-0.15, -0.1) is 0 Å². The maximum absolute atomic E-state index is 12.4. The Balaban J connectivity index is 2.44. The van der Waals surface area contributed by atoms with E-state index in [2.05, 4.69) is 15.6 Å². The summed E-state index contributed by atoms with van der Waals surface area (Å²) < 4.78 is 5.53. The Morgan fingerprint density at radius 2 is 1.83 bits per heavy atom. The molecule has 0 aromatic carbocycles. The Bertz CT molecular complexity index is 530. The van der Waals surface area contributed by atoms with E-state index in [1.165, 1.54) is 0 Å². The fourth-order valence-corrected chi connectivity index (χ4v) is 2.32. The number of pyridine rings is 1. The third-order valence-corrected chi connectivity index (χ3v) is 3.41. The zero-order valence-electron chi connectivity index (χ0n) is 16.2. The first-order valence-electron chi connectivity index (χ1n) is 8.58. The van der Waals surface area contributed by atoms with Crippen molar-refractivity contribution in [1.29, 1.82) is 0 Å². The summed E-state index contributed by atoms with van der Waals surface area (Å²) in [5.74, 6) is -0.199. The van der Waals surface area contributed by atoms with Crippen molar-refractivity contribution in [3.8, 4) is 0 Å². The molecule has 5 nitrogen and oxygen atoms in total. The van der Waals surface area contributed by atoms with Gasteiger partial charge in [-0.05, 0) is 45.2 Å². The molecular formula is C19H33N3O2. The topological polar surface area (TPSA) is 63.2 Å². The molecule has 2 N–H and O–H groups in total. The quantitative estimate of drug-likeness (QED) is 0.592. The van der Waals surface area contributed by atoms with Gasteiger partial charge in [0.2, 0.25) is 0 Å². The Labute approximate surface area is 146 Å². The number of carbonyl (C=O) groups excluding carboxylic acids is 1. The third kappa shape index (κ3) is 7.88. The summed E-state index contributed by atoms with van der Waals surface area (Å²) in [6.07, 6.45) is 0. The number of carbonyl (C=O) groups is 1. The summed E-state index contributed by atoms with van der Waals surface area (Å²) in [6.45, 7) is 15.9. The molecule has 136 valence electrons. The molecule has 0 spiro atoms. The molecule has 1 aromatic heterocycles. The van der Waals surface area contributed by atoms with E-state index >= 15 is 0 Å². The van der Waals surface area contributed by atoms with Gasteiger partial charge in [0.1, 0.15) is 11.6 Å². The number of aryl methyl sites for hydroxylation is 1. The first-order chi connectivity index (χ1) is 11.0. The molecule has 0 fully saturated rings. The van der Waals surface area contributed by atoms with E-state index in [-0.39, 0.29) is 17.4 Å². The predicted octanol–water partition coefficient (Wildman–Crippen LogP) is 2.83. The summed E-state index contributed by atoms with van der Waals surface area (Å²) in [5, 5.41) is 6.67. The molecule has 0 aliphatic carbocycles. The van der Waals surface area contributed by atoms with Gasteiger partial charge < -0.3 is 15.4 Å². The van der Waals surface area contributed by atoms with Crippen LogP contribution in [0.3, 0.4) is 0 Å². The zero-order chi connectivity index (χ0) is 18.4. The van der Waals surface area contributed by atoms with Crippen molar-refractivity contribution in [2.45, 2.75) is 66.7 Å². The van der Waals surface area contributed by atoms with E-state index in [1.54, 1.807) is 0 Å². The van der Waals surface area contributed by atoms with Gasteiger partial charge in [-0.25, -0.2) is 0 Å². The lowest BCUT2D eigenvalue weighted by molar-refractivity contribution is -0.160. The van der Waals surface area contributed by atoms with Crippen LogP contribution in [0.25, 0.3) is 0 Å². The van der Waals surface area contributed by atoms with Crippen molar-refractivity contribution in [3.63, 3.8) is 0 Å². The van der Waals surface area contributed by atoms with E-state index in [0.717, 1.165) is 24.5 Å². The highest BCUT2D eigenvalue weighted by atomic mass is 16.6. The van der Waals surface area contributed by atoms with Crippen LogP contribution in [0.1, 0.15) is 52.9 Å². The van der Waals surface area contributed by atoms with Crippen molar-refractivity contribution in [3.05, 3.63) is 29.6 Å². The van der Waals surface area contributed by atoms with E-state index in [1.807, 2.05) is 66.7 Å². The van der Waals surface area contributed by atoms with Crippen molar-refractivity contribution < 1.29 is 9.53 Å². The average Bonchev–Trinajstić information content (AvgIpc) is 2.39. The molecule has 1 atom stereocenters. The lowest BCUT2D eigenvalue weighted by Crippen LogP contribution is -2.50. The normalized spacial score (nSPS) is 13.6. The number of hydrogen-bond donors (Lipinski definition) is 2. The van der Waals surface area contributed by atoms with Crippen molar-refractivity contribution in [2.24, 2.45) is 5.41 Å². The van der Waals surface area contributed by atoms with Gasteiger partial charge in [-0.1, -0.05) is 26.8 Å². The first-order valence-corrected chi connectivity index (χ1v) is 8.58. The second-order valence-electron chi connectivity index (χ2n) is 8.23. The van der Waals surface area contributed by atoms with Gasteiger partial charge in [0, 0.05) is 25.3 Å². The number of nitrogens with one attached hydrogen (secondary N) is 2. The second kappa shape index (κ2) is 8.58. The van der Waals surface area contributed by atoms with E-state index in [0.29, 0.717) is 6.54 Å². The highest BCUT2D eigenvalue weighted by molar-refractivity contribution is 5.77. The van der Waals surface area contributed by atoms with Crippen LogP contribution < -0.4 is 10.6 Å². The Morgan fingerprint density at radius 1 is 1.17 bits per heavy atom. The van der Waals surface area contributed by atoms with Gasteiger partial charge in [0.15, 0.2) is 0 Å². The van der Waals surface area contributed by atoms with Crippen molar-refractivity contribution in [2.75, 3.05) is 13.1 Å². The molecule has 1 aromatic rings. The standard InChI is InChI=1S/C19H33N3O2/c1-14-9-8-10-15(22-14)13-20-11-12-21-16(18(2,3)4)17(23)24-19(5,6)7/h8-10,16,20-21H,11-13H2,1-7H3/t16-/m1/s1. The van der Waals surface area contributed by atoms with Crippen molar-refractivity contribution in [1.82, 2.24) is 15.6 Å². The van der Waals surface area contributed by atoms with Gasteiger partial charge in [0.05, 0.1) is 5.69 Å². The lowest BCUT2D eigenvalue weighted by Gasteiger charge is -2.32. The SMILES string of the molecule is Cc1cccc(CNCCN[C@H](C(=O)OC(C)(C)C)C(C)(C)C)n1. The van der Waals surface area contributed by atoms with Crippen LogP contribution in [-0.4, -0.2) is 35.7 Å². The number of aromatic nitrogens is 1. The molecule has 1 heterocycles. The van der Waals surface area contributed by atoms with E-state index < -0.39 is 5.60 Å². The minimum absolute atomic E-state index is 0.199. The second-order valence-corrected chi connectivity index (χ2v) is 8.23. The summed E-state index contributed by atoms with van der Waals surface area (Å²) in [7, 11) is 0. The molecule has 0 radical (unpaired) electrons. The van der Waals surface area contributed by atoms with Crippen LogP contribution in [-0.2, 0) is 16.1 Å². The maximum Gasteiger partial charge on any atom is 0.324 e. The minimum Gasteiger partial charge on any atom is -0.459 e. The molecule has 0 aliphatic heterocycles. The Hall–Kier alpha value is -1.46. The zero-order valence-corrected chi connectivity index (χ0v) is 16.2. The molecule has 0 unspecified atom stereocenters. The monoisotopic (exact) mass is 335 g/mol. The molecule has 0 saturated heterocycles. The minimum atomic E-state index is -0.475. The van der Waals surface area contributed by atoms with Crippen LogP contribution in [0.2, 0.25) is 0 Å². The highest BCUT2D eigenvalue weighted by Gasteiger charge is 2.34. The van der Waals surface area contributed by atoms with Crippen LogP contribution in [0, 0.1) is 12.3 Å². The fraction of sp³-hybridized carbons (Fsp3) is 0.684. The van der Waals surface area contributed by atoms with Gasteiger partial charge in [0.25, 0.3) is 0 Å². The summed E-state index contributed by atoms with van der Waals surface area (Å²) in [4.78, 5) is 16.9. The summed E-state index contributed by atoms with van der Waals surface area (Å²) >= 11 is 0. The molecule has 0 amide bonds. The molecule has 0 bridgehead atoms. The van der Waals surface area contributed by atoms with E-state index in [9.17, 15) is 4.79 Å². The number of rotatable bonds is 7. The van der Waals surface area contributed by atoms with Gasteiger partial charge in [-0.2, -0.15) is 0 Å². The number of ether oxygens (including phenoxy) is 1. The summed E-state index contributed by atoms with van der Waals surface area (Å²) in [5.41, 5.74) is 1.36. The number of nitrogens with zero attached hydrogens (tertiary/aromatic N) is 1. The molecule has 0 saturated carbocycles. The van der Waals surface area contributed by atoms with Gasteiger partial charge >= 0.3 is 5.97 Å². The third-order valence-electron chi connectivity index (χ3n) is 3.41. The molecule has 5 heteroatoms. The maximum atomic E-state index is 12.4. The lowest BCUT2D eigenvalue weighted by atomic mass is 9.86. The largest absolute Gasteiger partial charge is 0.459 e. The molecule has 24 heavy (non-hydrogen) atoms. The summed E-state index contributed by atoms with van der Waals surface area (Å²) in [6, 6.07) is 5.66. The van der Waals surface area contributed by atoms with Crippen LogP contribution in [0.15, 0.2) is 18.2 Å². The Kier molecular flexibility index (Phi) is 7.36. The van der Waals surface area contributed by atoms with Gasteiger partial charge in [-0.3, -0.25) is 9.78 Å². The predicted molar refractivity (Wildman–Crippen MR) is 97.8 cm³/mol. The molecule has 1 rings (SSSR count). The fourth-order valence-electron chi connectivity index (χ4n) is 2.32. The van der Waals surface area contributed by atoms with Crippen LogP contribution in [0.4, 0.5) is 0 Å². The first kappa shape index (κ1) is 20.6. The smallest absolute Gasteiger partial charge is 0.324 e.